The first-order valence-corrected chi connectivity index (χ1v) is 7.81. The van der Waals surface area contributed by atoms with E-state index in [2.05, 4.69) is 0 Å². The number of nitro groups is 1. The van der Waals surface area contributed by atoms with E-state index in [9.17, 15) is 86.0 Å². The molecule has 0 saturated carbocycles. The molecule has 0 aliphatic heterocycles. The van der Waals surface area contributed by atoms with Crippen LogP contribution in [-0.4, -0.2) is 62.3 Å². The van der Waals surface area contributed by atoms with Gasteiger partial charge in [0.25, 0.3) is 0 Å². The molecule has 1 rings (SSSR count). The number of hydroxylamine groups is 2. The van der Waals surface area contributed by atoms with Crippen molar-refractivity contribution in [3.05, 3.63) is 27.9 Å². The third-order valence-corrected chi connectivity index (χ3v) is 4.25. The maximum Gasteiger partial charge on any atom is 0.460 e. The quantitative estimate of drug-likeness (QED) is 0.196. The van der Waals surface area contributed by atoms with Crippen molar-refractivity contribution >= 4 is 11.7 Å². The third-order valence-electron chi connectivity index (χ3n) is 4.25. The summed E-state index contributed by atoms with van der Waals surface area (Å²) in [5, 5.41) is 18.9. The molecule has 1 aromatic heterocycles. The average Bonchev–Trinajstić information content (AvgIpc) is 3.06. The summed E-state index contributed by atoms with van der Waals surface area (Å²) in [6.07, 6.45) is -7.80. The SMILES string of the molecule is Cn1c(C(=O)N([O])C(F)(F)C(F)(F)C(F)(F)C(F)(F)C(F)(F)C(F)(F)C(F)(F)F)ccc1[N+](=O)[O-]. The van der Waals surface area contributed by atoms with E-state index in [-0.39, 0.29) is 16.7 Å². The Morgan fingerprint density at radius 2 is 1.14 bits per heavy atom. The normalized spacial score (nSPS) is 14.8. The van der Waals surface area contributed by atoms with Crippen LogP contribution in [0, 0.1) is 10.1 Å². The van der Waals surface area contributed by atoms with Crippen LogP contribution in [0.25, 0.3) is 0 Å². The monoisotopic (exact) mass is 552 g/mol. The maximum absolute atomic E-state index is 13.8. The molecule has 1 aromatic rings. The van der Waals surface area contributed by atoms with E-state index >= 15 is 0 Å². The Morgan fingerprint density at radius 3 is 1.49 bits per heavy atom. The van der Waals surface area contributed by atoms with E-state index in [0.29, 0.717) is 7.05 Å². The van der Waals surface area contributed by atoms with Gasteiger partial charge in [0, 0.05) is 6.07 Å². The minimum atomic E-state index is -8.64. The van der Waals surface area contributed by atoms with Crippen molar-refractivity contribution in [1.29, 1.82) is 0 Å². The molecule has 0 saturated heterocycles. The molecule has 1 radical (unpaired) electrons. The van der Waals surface area contributed by atoms with Crippen molar-refractivity contribution in [1.82, 2.24) is 9.63 Å². The van der Waals surface area contributed by atoms with Crippen molar-refractivity contribution in [2.75, 3.05) is 0 Å². The lowest BCUT2D eigenvalue weighted by atomic mass is 9.93. The van der Waals surface area contributed by atoms with Gasteiger partial charge in [0.05, 0.1) is 7.05 Å². The van der Waals surface area contributed by atoms with Crippen molar-refractivity contribution < 1.29 is 80.8 Å². The number of carbonyl (C=O) groups is 1. The fraction of sp³-hybridized carbons (Fsp3) is 0.615. The summed E-state index contributed by atoms with van der Waals surface area (Å²) in [6.45, 7) is 0. The summed E-state index contributed by atoms with van der Waals surface area (Å²) in [6, 6.07) is -7.19. The molecule has 0 bridgehead atoms. The summed E-state index contributed by atoms with van der Waals surface area (Å²) in [5.41, 5.74) is -1.66. The fourth-order valence-electron chi connectivity index (χ4n) is 2.22. The Kier molecular flexibility index (Phi) is 6.92. The molecule has 0 spiro atoms. The van der Waals surface area contributed by atoms with Crippen molar-refractivity contribution in [2.24, 2.45) is 7.05 Å². The summed E-state index contributed by atoms with van der Waals surface area (Å²) in [5.74, 6) is -46.5. The second kappa shape index (κ2) is 8.05. The number of carbonyl (C=O) groups excluding carboxylic acids is 1. The number of nitrogens with zero attached hydrogens (tertiary/aromatic N) is 3. The predicted molar refractivity (Wildman–Crippen MR) is 74.7 cm³/mol. The molecule has 0 unspecified atom stereocenters. The van der Waals surface area contributed by atoms with Crippen molar-refractivity contribution in [2.45, 2.75) is 41.8 Å². The van der Waals surface area contributed by atoms with Crippen LogP contribution in [0.2, 0.25) is 0 Å². The highest BCUT2D eigenvalue weighted by Crippen LogP contribution is 2.62. The van der Waals surface area contributed by atoms with Gasteiger partial charge in [-0.3, -0.25) is 4.79 Å². The second-order valence-electron chi connectivity index (χ2n) is 6.40. The first kappa shape index (κ1) is 30.1. The van der Waals surface area contributed by atoms with Crippen molar-refractivity contribution in [3.8, 4) is 0 Å². The lowest BCUT2D eigenvalue weighted by Gasteiger charge is -2.41. The van der Waals surface area contributed by atoms with Crippen LogP contribution in [0.15, 0.2) is 12.1 Å². The molecule has 0 aromatic carbocycles. The van der Waals surface area contributed by atoms with Gasteiger partial charge in [0.1, 0.15) is 0 Å². The molecular formula is C13H5F15N3O4. The minimum absolute atomic E-state index is 0.0877. The Balaban J connectivity index is 3.61. The Morgan fingerprint density at radius 1 is 0.771 bits per heavy atom. The minimum Gasteiger partial charge on any atom is -0.358 e. The van der Waals surface area contributed by atoms with Gasteiger partial charge in [0.2, 0.25) is 0 Å². The molecule has 7 nitrogen and oxygen atoms in total. The molecule has 0 atom stereocenters. The van der Waals surface area contributed by atoms with E-state index in [1.807, 2.05) is 0 Å². The molecule has 1 heterocycles. The first-order valence-electron chi connectivity index (χ1n) is 7.81. The summed E-state index contributed by atoms with van der Waals surface area (Å²) >= 11 is 0. The molecule has 22 heteroatoms. The molecule has 0 N–H and O–H groups in total. The van der Waals surface area contributed by atoms with Gasteiger partial charge >= 0.3 is 53.6 Å². The van der Waals surface area contributed by atoms with Crippen LogP contribution < -0.4 is 0 Å². The smallest absolute Gasteiger partial charge is 0.358 e. The molecule has 0 aliphatic carbocycles. The summed E-state index contributed by atoms with van der Waals surface area (Å²) in [4.78, 5) is 20.9. The van der Waals surface area contributed by atoms with Crippen LogP contribution in [0.3, 0.4) is 0 Å². The summed E-state index contributed by atoms with van der Waals surface area (Å²) < 4.78 is 197. The first-order chi connectivity index (χ1) is 15.2. The van der Waals surface area contributed by atoms with Crippen molar-refractivity contribution in [3.63, 3.8) is 0 Å². The second-order valence-corrected chi connectivity index (χ2v) is 6.40. The number of hydrogen-bond donors (Lipinski definition) is 0. The van der Waals surface area contributed by atoms with E-state index in [4.69, 9.17) is 0 Å². The van der Waals surface area contributed by atoms with Gasteiger partial charge in [-0.15, -0.1) is 5.06 Å². The zero-order valence-electron chi connectivity index (χ0n) is 15.8. The highest BCUT2D eigenvalue weighted by Gasteiger charge is 2.94. The van der Waals surface area contributed by atoms with E-state index in [1.54, 1.807) is 0 Å². The Hall–Kier alpha value is -2.94. The molecule has 0 aliphatic rings. The van der Waals surface area contributed by atoms with E-state index in [1.165, 1.54) is 0 Å². The van der Waals surface area contributed by atoms with Gasteiger partial charge < -0.3 is 10.1 Å². The van der Waals surface area contributed by atoms with E-state index in [0.717, 1.165) is 0 Å². The lowest BCUT2D eigenvalue weighted by molar-refractivity contribution is -0.471. The van der Waals surface area contributed by atoms with Crippen LogP contribution in [0.5, 0.6) is 0 Å². The van der Waals surface area contributed by atoms with Crippen LogP contribution in [0.1, 0.15) is 10.5 Å². The number of hydrogen-bond acceptors (Lipinski definition) is 3. The number of amides is 1. The predicted octanol–water partition coefficient (Wildman–Crippen LogP) is 5.05. The fourth-order valence-corrected chi connectivity index (χ4v) is 2.22. The van der Waals surface area contributed by atoms with Gasteiger partial charge in [-0.05, 0) is 11.0 Å². The molecule has 0 fully saturated rings. The van der Waals surface area contributed by atoms with Crippen LogP contribution in [-0.2, 0) is 12.3 Å². The number of alkyl halides is 15. The van der Waals surface area contributed by atoms with Crippen LogP contribution in [0.4, 0.5) is 71.7 Å². The molecular weight excluding hydrogens is 547 g/mol. The zero-order valence-corrected chi connectivity index (χ0v) is 15.8. The number of halogens is 15. The summed E-state index contributed by atoms with van der Waals surface area (Å²) in [7, 11) is 0.442. The molecule has 201 valence electrons. The Labute approximate surface area is 180 Å². The largest absolute Gasteiger partial charge is 0.460 e. The Bertz CT molecular complexity index is 1000. The van der Waals surface area contributed by atoms with Gasteiger partial charge in [-0.2, -0.15) is 65.9 Å². The van der Waals surface area contributed by atoms with Gasteiger partial charge in [0.15, 0.2) is 5.69 Å². The highest BCUT2D eigenvalue weighted by atomic mass is 19.4. The number of rotatable bonds is 8. The number of aromatic nitrogens is 1. The maximum atomic E-state index is 13.8. The zero-order chi connectivity index (χ0) is 28.4. The lowest BCUT2D eigenvalue weighted by Crippen LogP contribution is -2.74. The standard InChI is InChI=1S/C13H5F15N3O4/c1-29-4(2-3-5(29)31(34)35)6(32)30(33)13(27,28)11(22,23)9(18,19)7(14,15)8(16,17)10(20,21)12(24,25)26/h2-3H,1H3. The highest BCUT2D eigenvalue weighted by molar-refractivity contribution is 5.92. The van der Waals surface area contributed by atoms with Crippen LogP contribution >= 0.6 is 0 Å². The molecule has 35 heavy (non-hydrogen) atoms. The topological polar surface area (TPSA) is 88.3 Å². The van der Waals surface area contributed by atoms with Gasteiger partial charge in [-0.25, -0.2) is 4.57 Å². The van der Waals surface area contributed by atoms with E-state index < -0.39 is 69.2 Å². The third kappa shape index (κ3) is 3.90. The molecule has 1 amide bonds. The average molecular weight is 552 g/mol. The van der Waals surface area contributed by atoms with Gasteiger partial charge in [-0.1, -0.05) is 5.21 Å².